The molecular weight excluding hydrogens is 298 g/mol. The fourth-order valence-electron chi connectivity index (χ4n) is 3.94. The summed E-state index contributed by atoms with van der Waals surface area (Å²) in [6.07, 6.45) is 10.5. The van der Waals surface area contributed by atoms with E-state index in [0.29, 0.717) is 5.41 Å². The fraction of sp³-hybridized carbons (Fsp3) is 0.643. The molecule has 1 aromatic rings. The molecular formula is C14H17BrClN. The van der Waals surface area contributed by atoms with E-state index in [9.17, 15) is 0 Å². The Kier molecular flexibility index (Phi) is 3.20. The van der Waals surface area contributed by atoms with Gasteiger partial charge in [-0.25, -0.2) is 0 Å². The Balaban J connectivity index is 1.83. The van der Waals surface area contributed by atoms with Crippen LogP contribution < -0.4 is 0 Å². The Bertz CT molecular complexity index is 422. The molecule has 3 rings (SSSR count). The third kappa shape index (κ3) is 2.15. The van der Waals surface area contributed by atoms with E-state index in [2.05, 4.69) is 27.0 Å². The van der Waals surface area contributed by atoms with E-state index in [1.165, 1.54) is 31.2 Å². The van der Waals surface area contributed by atoms with Gasteiger partial charge in [-0.05, 0) is 70.5 Å². The Hall–Kier alpha value is -0.0800. The molecule has 0 radical (unpaired) electrons. The van der Waals surface area contributed by atoms with Crippen LogP contribution in [0.3, 0.4) is 0 Å². The lowest BCUT2D eigenvalue weighted by molar-refractivity contribution is 0.193. The van der Waals surface area contributed by atoms with Gasteiger partial charge in [-0.3, -0.25) is 4.98 Å². The van der Waals surface area contributed by atoms with Gasteiger partial charge in [0.15, 0.2) is 0 Å². The Morgan fingerprint density at radius 1 is 1.41 bits per heavy atom. The van der Waals surface area contributed by atoms with Crippen LogP contribution in [0.1, 0.15) is 31.2 Å². The Labute approximate surface area is 116 Å². The van der Waals surface area contributed by atoms with Gasteiger partial charge in [-0.1, -0.05) is 6.42 Å². The average Bonchev–Trinajstić information content (AvgIpc) is 2.89. The van der Waals surface area contributed by atoms with Crippen molar-refractivity contribution in [1.82, 2.24) is 4.98 Å². The van der Waals surface area contributed by atoms with Gasteiger partial charge < -0.3 is 0 Å². The van der Waals surface area contributed by atoms with E-state index in [-0.39, 0.29) is 0 Å². The minimum atomic E-state index is 0.354. The second-order valence-electron chi connectivity index (χ2n) is 5.76. The molecule has 1 heterocycles. The zero-order valence-electron chi connectivity index (χ0n) is 9.83. The SMILES string of the molecule is ClCC1(Cc2cncc(Br)c2)CC2CCC1C2. The average molecular weight is 315 g/mol. The molecule has 2 fully saturated rings. The van der Waals surface area contributed by atoms with Crippen LogP contribution in [0.4, 0.5) is 0 Å². The van der Waals surface area contributed by atoms with Gasteiger partial charge in [0.1, 0.15) is 0 Å². The summed E-state index contributed by atoms with van der Waals surface area (Å²) in [5, 5.41) is 0. The van der Waals surface area contributed by atoms with E-state index in [0.717, 1.165) is 28.6 Å². The van der Waals surface area contributed by atoms with Crippen molar-refractivity contribution < 1.29 is 0 Å². The van der Waals surface area contributed by atoms with E-state index in [1.54, 1.807) is 0 Å². The highest BCUT2D eigenvalue weighted by Gasteiger charge is 2.50. The van der Waals surface area contributed by atoms with Gasteiger partial charge in [0.25, 0.3) is 0 Å². The topological polar surface area (TPSA) is 12.9 Å². The van der Waals surface area contributed by atoms with Crippen LogP contribution in [0.5, 0.6) is 0 Å². The van der Waals surface area contributed by atoms with Crippen molar-refractivity contribution in [2.45, 2.75) is 32.1 Å². The first-order valence-electron chi connectivity index (χ1n) is 6.37. The van der Waals surface area contributed by atoms with E-state index < -0.39 is 0 Å². The van der Waals surface area contributed by atoms with Crippen LogP contribution in [-0.4, -0.2) is 10.9 Å². The lowest BCUT2D eigenvalue weighted by Crippen LogP contribution is -2.32. The molecule has 2 saturated carbocycles. The van der Waals surface area contributed by atoms with E-state index >= 15 is 0 Å². The van der Waals surface area contributed by atoms with Gasteiger partial charge >= 0.3 is 0 Å². The van der Waals surface area contributed by atoms with Gasteiger partial charge in [0.05, 0.1) is 0 Å². The molecule has 1 aromatic heterocycles. The molecule has 0 aliphatic heterocycles. The summed E-state index contributed by atoms with van der Waals surface area (Å²) in [7, 11) is 0. The zero-order valence-corrected chi connectivity index (χ0v) is 12.2. The lowest BCUT2D eigenvalue weighted by Gasteiger charge is -2.36. The first kappa shape index (κ1) is 12.0. The maximum absolute atomic E-state index is 6.32. The highest BCUT2D eigenvalue weighted by atomic mass is 79.9. The number of pyridine rings is 1. The summed E-state index contributed by atoms with van der Waals surface area (Å²) in [5.74, 6) is 2.60. The second kappa shape index (κ2) is 4.55. The summed E-state index contributed by atoms with van der Waals surface area (Å²) in [6, 6.07) is 2.19. The summed E-state index contributed by atoms with van der Waals surface area (Å²) in [5.41, 5.74) is 1.68. The molecule has 2 bridgehead atoms. The first-order chi connectivity index (χ1) is 8.22. The van der Waals surface area contributed by atoms with Gasteiger partial charge in [-0.15, -0.1) is 11.6 Å². The molecule has 3 heteroatoms. The van der Waals surface area contributed by atoms with Crippen LogP contribution >= 0.6 is 27.5 Å². The summed E-state index contributed by atoms with van der Waals surface area (Å²) >= 11 is 9.81. The van der Waals surface area contributed by atoms with Crippen molar-refractivity contribution in [2.24, 2.45) is 17.3 Å². The largest absolute Gasteiger partial charge is 0.263 e. The van der Waals surface area contributed by atoms with Crippen LogP contribution in [0, 0.1) is 17.3 Å². The molecule has 0 saturated heterocycles. The minimum Gasteiger partial charge on any atom is -0.263 e. The highest BCUT2D eigenvalue weighted by molar-refractivity contribution is 9.10. The molecule has 2 aliphatic carbocycles. The molecule has 92 valence electrons. The van der Waals surface area contributed by atoms with Gasteiger partial charge in [0.2, 0.25) is 0 Å². The first-order valence-corrected chi connectivity index (χ1v) is 7.70. The Morgan fingerprint density at radius 2 is 2.29 bits per heavy atom. The fourth-order valence-corrected chi connectivity index (χ4v) is 4.78. The molecule has 0 N–H and O–H groups in total. The number of rotatable bonds is 3. The molecule has 0 aromatic carbocycles. The minimum absolute atomic E-state index is 0.354. The molecule has 2 aliphatic rings. The third-order valence-electron chi connectivity index (χ3n) is 4.69. The summed E-state index contributed by atoms with van der Waals surface area (Å²) in [6.45, 7) is 0. The normalized spacial score (nSPS) is 35.4. The zero-order chi connectivity index (χ0) is 11.9. The second-order valence-corrected chi connectivity index (χ2v) is 6.95. The number of fused-ring (bicyclic) bond motifs is 2. The maximum atomic E-state index is 6.32. The molecule has 1 nitrogen and oxygen atoms in total. The molecule has 0 spiro atoms. The summed E-state index contributed by atoms with van der Waals surface area (Å²) < 4.78 is 1.07. The van der Waals surface area contributed by atoms with Gasteiger partial charge in [0, 0.05) is 22.7 Å². The van der Waals surface area contributed by atoms with Crippen molar-refractivity contribution in [3.63, 3.8) is 0 Å². The van der Waals surface area contributed by atoms with Crippen molar-refractivity contribution in [3.05, 3.63) is 28.5 Å². The van der Waals surface area contributed by atoms with Crippen LogP contribution in [0.15, 0.2) is 22.9 Å². The van der Waals surface area contributed by atoms with Crippen LogP contribution in [-0.2, 0) is 6.42 Å². The monoisotopic (exact) mass is 313 g/mol. The smallest absolute Gasteiger partial charge is 0.0410 e. The number of nitrogens with zero attached hydrogens (tertiary/aromatic N) is 1. The number of hydrogen-bond acceptors (Lipinski definition) is 1. The van der Waals surface area contributed by atoms with E-state index in [1.807, 2.05) is 12.4 Å². The standard InChI is InChI=1S/C14H17BrClN/c15-13-4-11(7-17-8-13)6-14(9-16)5-10-1-2-12(14)3-10/h4,7-8,10,12H,1-3,5-6,9H2. The molecule has 3 unspecified atom stereocenters. The van der Waals surface area contributed by atoms with Crippen molar-refractivity contribution in [1.29, 1.82) is 0 Å². The highest BCUT2D eigenvalue weighted by Crippen LogP contribution is 2.57. The van der Waals surface area contributed by atoms with Crippen LogP contribution in [0.25, 0.3) is 0 Å². The predicted octanol–water partition coefficient (Wildman–Crippen LogP) is 4.43. The number of hydrogen-bond donors (Lipinski definition) is 0. The molecule has 17 heavy (non-hydrogen) atoms. The van der Waals surface area contributed by atoms with Gasteiger partial charge in [-0.2, -0.15) is 0 Å². The van der Waals surface area contributed by atoms with Crippen LogP contribution in [0.2, 0.25) is 0 Å². The van der Waals surface area contributed by atoms with Crippen molar-refractivity contribution >= 4 is 27.5 Å². The van der Waals surface area contributed by atoms with Crippen molar-refractivity contribution in [3.8, 4) is 0 Å². The molecule has 3 atom stereocenters. The summed E-state index contributed by atoms with van der Waals surface area (Å²) in [4.78, 5) is 4.26. The third-order valence-corrected chi connectivity index (χ3v) is 5.65. The number of halogens is 2. The lowest BCUT2D eigenvalue weighted by atomic mass is 9.71. The number of aromatic nitrogens is 1. The quantitative estimate of drug-likeness (QED) is 0.752. The predicted molar refractivity (Wildman–Crippen MR) is 74.2 cm³/mol. The maximum Gasteiger partial charge on any atom is 0.0410 e. The number of alkyl halides is 1. The molecule has 0 amide bonds. The Morgan fingerprint density at radius 3 is 2.88 bits per heavy atom. The van der Waals surface area contributed by atoms with E-state index in [4.69, 9.17) is 11.6 Å². The van der Waals surface area contributed by atoms with Crippen molar-refractivity contribution in [2.75, 3.05) is 5.88 Å².